The van der Waals surface area contributed by atoms with Gasteiger partial charge in [-0.05, 0) is 36.4 Å². The molecule has 138 valence electrons. The minimum atomic E-state index is -0.164. The van der Waals surface area contributed by atoms with Crippen LogP contribution in [0.1, 0.15) is 0 Å². The fourth-order valence-electron chi connectivity index (χ4n) is 2.63. The first-order chi connectivity index (χ1) is 13.8. The average molecular weight is 408 g/mol. The summed E-state index contributed by atoms with van der Waals surface area (Å²) in [5.41, 5.74) is 2.14. The maximum atomic E-state index is 12.3. The molecular weight excluding hydrogens is 396 g/mol. The van der Waals surface area contributed by atoms with Gasteiger partial charge in [-0.15, -0.1) is 10.2 Å². The van der Waals surface area contributed by atoms with E-state index in [9.17, 15) is 4.79 Å². The lowest BCUT2D eigenvalue weighted by Gasteiger charge is -2.02. The number of nitrogens with zero attached hydrogens (tertiary/aromatic N) is 5. The number of aromatic nitrogens is 5. The molecule has 4 heterocycles. The molecule has 0 aliphatic rings. The molecule has 0 spiro atoms. The molecule has 5 aromatic rings. The third-order valence-corrected chi connectivity index (χ3v) is 5.75. The molecule has 8 nitrogen and oxygen atoms in total. The number of thiazole rings is 1. The molecule has 4 aromatic heterocycles. The second-order valence-corrected chi connectivity index (χ2v) is 7.75. The average Bonchev–Trinajstić information content (AvgIpc) is 3.44. The summed E-state index contributed by atoms with van der Waals surface area (Å²) in [5.74, 6) is 0.659. The van der Waals surface area contributed by atoms with Crippen molar-refractivity contribution in [2.45, 2.75) is 5.16 Å². The molecule has 0 fully saturated rings. The Balaban J connectivity index is 1.31. The summed E-state index contributed by atoms with van der Waals surface area (Å²) < 4.78 is 8.02. The molecule has 0 atom stereocenters. The number of para-hydroxylation sites is 1. The van der Waals surface area contributed by atoms with Gasteiger partial charge in [-0.2, -0.15) is 9.61 Å². The molecule has 0 saturated carbocycles. The van der Waals surface area contributed by atoms with Gasteiger partial charge >= 0.3 is 0 Å². The van der Waals surface area contributed by atoms with E-state index in [-0.39, 0.29) is 11.7 Å². The number of carbonyl (C=O) groups is 1. The highest BCUT2D eigenvalue weighted by Gasteiger charge is 2.13. The number of benzene rings is 1. The van der Waals surface area contributed by atoms with Crippen LogP contribution in [0.5, 0.6) is 0 Å². The molecule has 10 heteroatoms. The Morgan fingerprint density at radius 3 is 2.93 bits per heavy atom. The van der Waals surface area contributed by atoms with Crippen LogP contribution in [0.3, 0.4) is 0 Å². The summed E-state index contributed by atoms with van der Waals surface area (Å²) in [5, 5.41) is 16.7. The van der Waals surface area contributed by atoms with Gasteiger partial charge in [0, 0.05) is 0 Å². The Bertz CT molecular complexity index is 1240. The lowest BCUT2D eigenvalue weighted by molar-refractivity contribution is -0.113. The van der Waals surface area contributed by atoms with E-state index in [1.807, 2.05) is 42.5 Å². The zero-order chi connectivity index (χ0) is 18.9. The van der Waals surface area contributed by atoms with Crippen LogP contribution in [0.25, 0.3) is 27.3 Å². The van der Waals surface area contributed by atoms with E-state index in [1.165, 1.54) is 23.1 Å². The van der Waals surface area contributed by atoms with Gasteiger partial charge in [-0.3, -0.25) is 4.79 Å². The van der Waals surface area contributed by atoms with Crippen LogP contribution in [-0.4, -0.2) is 36.5 Å². The van der Waals surface area contributed by atoms with Crippen LogP contribution < -0.4 is 5.32 Å². The molecular formula is C18H12N6O2S2. The SMILES string of the molecule is O=C(CSc1nnc2ccc(-c3ccco3)nn12)Nc1nc2ccccc2s1. The first-order valence-electron chi connectivity index (χ1n) is 8.31. The number of anilines is 1. The van der Waals surface area contributed by atoms with E-state index in [1.54, 1.807) is 16.8 Å². The zero-order valence-corrected chi connectivity index (χ0v) is 15.9. The summed E-state index contributed by atoms with van der Waals surface area (Å²) in [7, 11) is 0. The highest BCUT2D eigenvalue weighted by atomic mass is 32.2. The van der Waals surface area contributed by atoms with Crippen molar-refractivity contribution in [1.29, 1.82) is 0 Å². The number of rotatable bonds is 5. The standard InChI is InChI=1S/C18H12N6O2S2/c25-16(20-17-19-12-4-1-2-6-14(12)28-17)10-27-18-22-21-15-8-7-11(23-24(15)18)13-5-3-9-26-13/h1-9H,10H2,(H,19,20,25). The van der Waals surface area contributed by atoms with Crippen molar-refractivity contribution in [1.82, 2.24) is 24.8 Å². The fraction of sp³-hybridized carbons (Fsp3) is 0.0556. The summed E-state index contributed by atoms with van der Waals surface area (Å²) in [6, 6.07) is 15.0. The molecule has 1 N–H and O–H groups in total. The molecule has 0 saturated heterocycles. The first-order valence-corrected chi connectivity index (χ1v) is 10.1. The predicted octanol–water partition coefficient (Wildman–Crippen LogP) is 3.72. The summed E-state index contributed by atoms with van der Waals surface area (Å²) in [6.45, 7) is 0. The normalized spacial score (nSPS) is 11.3. The number of thioether (sulfide) groups is 1. The molecule has 0 aliphatic heterocycles. The van der Waals surface area contributed by atoms with Gasteiger partial charge in [0.1, 0.15) is 5.69 Å². The summed E-state index contributed by atoms with van der Waals surface area (Å²) in [6.07, 6.45) is 1.59. The van der Waals surface area contributed by atoms with Gasteiger partial charge in [-0.25, -0.2) is 4.98 Å². The Hall–Kier alpha value is -3.24. The summed E-state index contributed by atoms with van der Waals surface area (Å²) >= 11 is 2.70. The van der Waals surface area contributed by atoms with Crippen LogP contribution in [0.4, 0.5) is 5.13 Å². The van der Waals surface area contributed by atoms with Gasteiger partial charge in [0.05, 0.1) is 22.2 Å². The number of hydrogen-bond acceptors (Lipinski definition) is 8. The highest BCUT2D eigenvalue weighted by molar-refractivity contribution is 7.99. The zero-order valence-electron chi connectivity index (χ0n) is 14.3. The topological polar surface area (TPSA) is 98.2 Å². The van der Waals surface area contributed by atoms with Gasteiger partial charge < -0.3 is 9.73 Å². The first kappa shape index (κ1) is 16.9. The van der Waals surface area contributed by atoms with Gasteiger partial charge in [0.2, 0.25) is 11.1 Å². The predicted molar refractivity (Wildman–Crippen MR) is 107 cm³/mol. The van der Waals surface area contributed by atoms with Crippen molar-refractivity contribution in [3.8, 4) is 11.5 Å². The number of fused-ring (bicyclic) bond motifs is 2. The lowest BCUT2D eigenvalue weighted by Crippen LogP contribution is -2.14. The molecule has 0 unspecified atom stereocenters. The molecule has 1 amide bonds. The molecule has 1 aromatic carbocycles. The Morgan fingerprint density at radius 1 is 1.14 bits per heavy atom. The number of nitrogens with one attached hydrogen (secondary N) is 1. The van der Waals surface area contributed by atoms with Gasteiger partial charge in [0.25, 0.3) is 0 Å². The minimum absolute atomic E-state index is 0.164. The number of furan rings is 1. The molecule has 0 bridgehead atoms. The van der Waals surface area contributed by atoms with Crippen LogP contribution in [-0.2, 0) is 4.79 Å². The second kappa shape index (κ2) is 7.06. The van der Waals surface area contributed by atoms with Crippen LogP contribution >= 0.6 is 23.1 Å². The Labute approximate surface area is 166 Å². The minimum Gasteiger partial charge on any atom is -0.463 e. The Kier molecular flexibility index (Phi) is 4.26. The monoisotopic (exact) mass is 408 g/mol. The quantitative estimate of drug-likeness (QED) is 0.443. The highest BCUT2D eigenvalue weighted by Crippen LogP contribution is 2.26. The van der Waals surface area contributed by atoms with Crippen LogP contribution in [0.15, 0.2) is 64.4 Å². The molecule has 0 aliphatic carbocycles. The van der Waals surface area contributed by atoms with E-state index in [0.29, 0.717) is 27.4 Å². The lowest BCUT2D eigenvalue weighted by atomic mass is 10.3. The van der Waals surface area contributed by atoms with E-state index >= 15 is 0 Å². The van der Waals surface area contributed by atoms with E-state index in [4.69, 9.17) is 4.42 Å². The van der Waals surface area contributed by atoms with E-state index < -0.39 is 0 Å². The third kappa shape index (κ3) is 3.23. The smallest absolute Gasteiger partial charge is 0.236 e. The number of carbonyl (C=O) groups excluding carboxylic acids is 1. The largest absolute Gasteiger partial charge is 0.463 e. The van der Waals surface area contributed by atoms with Crippen LogP contribution in [0.2, 0.25) is 0 Å². The van der Waals surface area contributed by atoms with E-state index in [0.717, 1.165) is 10.2 Å². The third-order valence-electron chi connectivity index (χ3n) is 3.88. The van der Waals surface area contributed by atoms with Gasteiger partial charge in [-0.1, -0.05) is 35.2 Å². The van der Waals surface area contributed by atoms with Gasteiger partial charge in [0.15, 0.2) is 16.5 Å². The van der Waals surface area contributed by atoms with E-state index in [2.05, 4.69) is 25.6 Å². The molecule has 0 radical (unpaired) electrons. The number of hydrogen-bond donors (Lipinski definition) is 1. The van der Waals surface area contributed by atoms with Crippen molar-refractivity contribution in [2.75, 3.05) is 11.1 Å². The maximum Gasteiger partial charge on any atom is 0.236 e. The van der Waals surface area contributed by atoms with Crippen molar-refractivity contribution < 1.29 is 9.21 Å². The van der Waals surface area contributed by atoms with Crippen molar-refractivity contribution >= 4 is 50.0 Å². The summed E-state index contributed by atoms with van der Waals surface area (Å²) in [4.78, 5) is 16.7. The van der Waals surface area contributed by atoms with Crippen molar-refractivity contribution in [2.24, 2.45) is 0 Å². The fourth-order valence-corrected chi connectivity index (χ4v) is 4.20. The molecule has 28 heavy (non-hydrogen) atoms. The molecule has 5 rings (SSSR count). The van der Waals surface area contributed by atoms with Crippen LogP contribution in [0, 0.1) is 0 Å². The maximum absolute atomic E-state index is 12.3. The Morgan fingerprint density at radius 2 is 2.07 bits per heavy atom. The number of amides is 1. The van der Waals surface area contributed by atoms with Crippen molar-refractivity contribution in [3.05, 3.63) is 54.8 Å². The second-order valence-electron chi connectivity index (χ2n) is 5.77. The van der Waals surface area contributed by atoms with Crippen molar-refractivity contribution in [3.63, 3.8) is 0 Å².